The minimum absolute atomic E-state index is 0.0827. The van der Waals surface area contributed by atoms with Crippen LogP contribution in [-0.2, 0) is 13.2 Å². The molecule has 1 atom stereocenters. The van der Waals surface area contributed by atoms with Crippen LogP contribution in [0.4, 0.5) is 0 Å². The van der Waals surface area contributed by atoms with Gasteiger partial charge in [-0.05, 0) is 26.3 Å². The van der Waals surface area contributed by atoms with E-state index in [1.165, 1.54) is 0 Å². The molecule has 0 saturated carbocycles. The summed E-state index contributed by atoms with van der Waals surface area (Å²) in [5.74, 6) is 0.562. The number of ether oxygens (including phenoxy) is 1. The number of hydrogen-bond donors (Lipinski definition) is 3. The largest absolute Gasteiger partial charge is 0.488 e. The zero-order valence-corrected chi connectivity index (χ0v) is 14.6. The maximum atomic E-state index is 10.6. The van der Waals surface area contributed by atoms with Gasteiger partial charge in [0.05, 0.1) is 12.7 Å². The van der Waals surface area contributed by atoms with E-state index in [1.807, 2.05) is 48.5 Å². The smallest absolute Gasteiger partial charge is 0.131 e. The van der Waals surface area contributed by atoms with Crippen molar-refractivity contribution < 1.29 is 14.9 Å². The fourth-order valence-corrected chi connectivity index (χ4v) is 2.41. The van der Waals surface area contributed by atoms with Gasteiger partial charge in [0, 0.05) is 23.2 Å². The predicted molar refractivity (Wildman–Crippen MR) is 95.9 cm³/mol. The van der Waals surface area contributed by atoms with Gasteiger partial charge in [-0.3, -0.25) is 0 Å². The summed E-state index contributed by atoms with van der Waals surface area (Å²) in [5, 5.41) is 23.5. The molecule has 0 aliphatic carbocycles. The fourth-order valence-electron chi connectivity index (χ4n) is 2.41. The van der Waals surface area contributed by atoms with Gasteiger partial charge in [-0.2, -0.15) is 0 Å². The van der Waals surface area contributed by atoms with Crippen LogP contribution in [0.3, 0.4) is 0 Å². The van der Waals surface area contributed by atoms with Crippen molar-refractivity contribution >= 4 is 0 Å². The Kier molecular flexibility index (Phi) is 6.37. The number of aliphatic hydroxyl groups is 2. The molecule has 2 aromatic carbocycles. The van der Waals surface area contributed by atoms with Gasteiger partial charge in [-0.15, -0.1) is 0 Å². The molecule has 0 aromatic heterocycles. The number of nitrogens with one attached hydrogen (secondary N) is 1. The highest BCUT2D eigenvalue weighted by atomic mass is 16.5. The second-order valence-electron chi connectivity index (χ2n) is 6.91. The third-order valence-electron chi connectivity index (χ3n) is 3.71. The molecule has 0 radical (unpaired) electrons. The molecule has 130 valence electrons. The SMILES string of the molecule is CC(C)(C)NCC(O)c1cccc(CO)c1OCc1ccccc1. The Morgan fingerprint density at radius 3 is 2.38 bits per heavy atom. The standard InChI is InChI=1S/C20H27NO3/c1-20(2,3)21-12-18(23)17-11-7-10-16(13-22)19(17)24-14-15-8-5-4-6-9-15/h4-11,18,21-23H,12-14H2,1-3H3. The molecule has 0 aliphatic rings. The first-order valence-electron chi connectivity index (χ1n) is 8.23. The molecular formula is C20H27NO3. The summed E-state index contributed by atoms with van der Waals surface area (Å²) in [6.45, 7) is 6.84. The van der Waals surface area contributed by atoms with E-state index in [2.05, 4.69) is 26.1 Å². The molecule has 0 fully saturated rings. The zero-order valence-electron chi connectivity index (χ0n) is 14.6. The number of rotatable bonds is 7. The first-order valence-corrected chi connectivity index (χ1v) is 8.23. The van der Waals surface area contributed by atoms with Gasteiger partial charge in [0.25, 0.3) is 0 Å². The van der Waals surface area contributed by atoms with Crippen molar-refractivity contribution in [3.63, 3.8) is 0 Å². The van der Waals surface area contributed by atoms with Crippen LogP contribution in [0.2, 0.25) is 0 Å². The Morgan fingerprint density at radius 2 is 1.75 bits per heavy atom. The van der Waals surface area contributed by atoms with Crippen molar-refractivity contribution in [3.8, 4) is 5.75 Å². The van der Waals surface area contributed by atoms with Gasteiger partial charge in [-0.25, -0.2) is 0 Å². The molecule has 1 unspecified atom stereocenters. The maximum Gasteiger partial charge on any atom is 0.131 e. The van der Waals surface area contributed by atoms with E-state index in [4.69, 9.17) is 4.74 Å². The van der Waals surface area contributed by atoms with Crippen molar-refractivity contribution in [2.75, 3.05) is 6.54 Å². The molecule has 3 N–H and O–H groups in total. The van der Waals surface area contributed by atoms with E-state index >= 15 is 0 Å². The van der Waals surface area contributed by atoms with Crippen LogP contribution in [0.25, 0.3) is 0 Å². The summed E-state index contributed by atoms with van der Waals surface area (Å²) in [6.07, 6.45) is -0.707. The predicted octanol–water partition coefficient (Wildman–Crippen LogP) is 3.18. The molecular weight excluding hydrogens is 302 g/mol. The number of benzene rings is 2. The molecule has 0 spiro atoms. The van der Waals surface area contributed by atoms with Crippen molar-refractivity contribution in [2.24, 2.45) is 0 Å². The topological polar surface area (TPSA) is 61.7 Å². The van der Waals surface area contributed by atoms with E-state index < -0.39 is 6.10 Å². The molecule has 0 aliphatic heterocycles. The highest BCUT2D eigenvalue weighted by molar-refractivity contribution is 5.43. The Bertz CT molecular complexity index is 635. The van der Waals surface area contributed by atoms with Gasteiger partial charge in [0.1, 0.15) is 12.4 Å². The third kappa shape index (κ3) is 5.34. The highest BCUT2D eigenvalue weighted by Gasteiger charge is 2.19. The molecule has 4 heteroatoms. The molecule has 4 nitrogen and oxygen atoms in total. The highest BCUT2D eigenvalue weighted by Crippen LogP contribution is 2.30. The monoisotopic (exact) mass is 329 g/mol. The van der Waals surface area contributed by atoms with Crippen molar-refractivity contribution in [2.45, 2.75) is 45.6 Å². The van der Waals surface area contributed by atoms with E-state index in [-0.39, 0.29) is 12.1 Å². The van der Waals surface area contributed by atoms with E-state index in [0.29, 0.717) is 30.0 Å². The lowest BCUT2D eigenvalue weighted by Gasteiger charge is -2.24. The summed E-state index contributed by atoms with van der Waals surface area (Å²) in [4.78, 5) is 0. The van der Waals surface area contributed by atoms with Crippen LogP contribution in [0.5, 0.6) is 5.75 Å². The summed E-state index contributed by atoms with van der Waals surface area (Å²) in [7, 11) is 0. The number of aliphatic hydroxyl groups excluding tert-OH is 2. The van der Waals surface area contributed by atoms with Gasteiger partial charge in [0.2, 0.25) is 0 Å². The van der Waals surface area contributed by atoms with Gasteiger partial charge in [0.15, 0.2) is 0 Å². The molecule has 2 aromatic rings. The fraction of sp³-hybridized carbons (Fsp3) is 0.400. The summed E-state index contributed by atoms with van der Waals surface area (Å²) in [5.41, 5.74) is 2.33. The van der Waals surface area contributed by atoms with Crippen LogP contribution in [0.1, 0.15) is 43.6 Å². The average Bonchev–Trinajstić information content (AvgIpc) is 2.57. The van der Waals surface area contributed by atoms with Crippen LogP contribution in [0, 0.1) is 0 Å². The first kappa shape index (κ1) is 18.5. The third-order valence-corrected chi connectivity index (χ3v) is 3.71. The Balaban J connectivity index is 2.18. The lowest BCUT2D eigenvalue weighted by molar-refractivity contribution is 0.156. The van der Waals surface area contributed by atoms with Gasteiger partial charge >= 0.3 is 0 Å². The molecule has 24 heavy (non-hydrogen) atoms. The Morgan fingerprint density at radius 1 is 1.04 bits per heavy atom. The Labute approximate surface area is 144 Å². The minimum Gasteiger partial charge on any atom is -0.488 e. The summed E-state index contributed by atoms with van der Waals surface area (Å²) < 4.78 is 5.95. The van der Waals surface area contributed by atoms with Crippen LogP contribution in [-0.4, -0.2) is 22.3 Å². The molecule has 0 bridgehead atoms. The number of para-hydroxylation sites is 1. The zero-order chi connectivity index (χ0) is 17.6. The summed E-state index contributed by atoms with van der Waals surface area (Å²) in [6, 6.07) is 15.3. The quantitative estimate of drug-likeness (QED) is 0.730. The second-order valence-corrected chi connectivity index (χ2v) is 6.91. The lowest BCUT2D eigenvalue weighted by Crippen LogP contribution is -2.38. The number of hydrogen-bond acceptors (Lipinski definition) is 4. The average molecular weight is 329 g/mol. The van der Waals surface area contributed by atoms with Crippen molar-refractivity contribution in [1.29, 1.82) is 0 Å². The lowest BCUT2D eigenvalue weighted by atomic mass is 10.0. The van der Waals surface area contributed by atoms with Gasteiger partial charge in [-0.1, -0.05) is 48.5 Å². The van der Waals surface area contributed by atoms with Crippen molar-refractivity contribution in [1.82, 2.24) is 5.32 Å². The number of β-amino-alcohol motifs (C(OH)–C–C–N with tert-alkyl or cyclic N) is 1. The Hall–Kier alpha value is -1.88. The van der Waals surface area contributed by atoms with E-state index in [9.17, 15) is 10.2 Å². The maximum absolute atomic E-state index is 10.6. The second kappa shape index (κ2) is 8.29. The normalized spacial score (nSPS) is 12.9. The van der Waals surface area contributed by atoms with Crippen molar-refractivity contribution in [3.05, 3.63) is 65.2 Å². The minimum atomic E-state index is -0.707. The van der Waals surface area contributed by atoms with Gasteiger partial charge < -0.3 is 20.3 Å². The molecule has 0 saturated heterocycles. The van der Waals surface area contributed by atoms with Crippen LogP contribution >= 0.6 is 0 Å². The van der Waals surface area contributed by atoms with E-state index in [1.54, 1.807) is 0 Å². The summed E-state index contributed by atoms with van der Waals surface area (Å²) >= 11 is 0. The first-order chi connectivity index (χ1) is 11.4. The molecule has 2 rings (SSSR count). The van der Waals surface area contributed by atoms with Crippen LogP contribution in [0.15, 0.2) is 48.5 Å². The molecule has 0 heterocycles. The molecule has 0 amide bonds. The van der Waals surface area contributed by atoms with E-state index in [0.717, 1.165) is 5.56 Å². The van der Waals surface area contributed by atoms with Crippen LogP contribution < -0.4 is 10.1 Å².